The minimum atomic E-state index is -4.43. The Morgan fingerprint density at radius 2 is 1.94 bits per heavy atom. The van der Waals surface area contributed by atoms with Crippen molar-refractivity contribution in [1.82, 2.24) is 10.6 Å². The molecule has 0 saturated carbocycles. The number of alkyl halides is 3. The van der Waals surface area contributed by atoms with Crippen LogP contribution in [0.3, 0.4) is 0 Å². The van der Waals surface area contributed by atoms with Crippen LogP contribution < -0.4 is 16.4 Å². The molecule has 0 aromatic rings. The van der Waals surface area contributed by atoms with Gasteiger partial charge in [-0.25, -0.2) is 0 Å². The third-order valence-electron chi connectivity index (χ3n) is 1.68. The van der Waals surface area contributed by atoms with E-state index in [0.29, 0.717) is 0 Å². The fourth-order valence-electron chi connectivity index (χ4n) is 0.845. The van der Waals surface area contributed by atoms with Crippen LogP contribution in [0.1, 0.15) is 13.3 Å². The van der Waals surface area contributed by atoms with Gasteiger partial charge in [0.05, 0.1) is 6.04 Å². The van der Waals surface area contributed by atoms with Crippen molar-refractivity contribution < 1.29 is 22.8 Å². The van der Waals surface area contributed by atoms with Gasteiger partial charge in [-0.05, 0) is 6.92 Å². The van der Waals surface area contributed by atoms with Crippen molar-refractivity contribution in [3.8, 4) is 0 Å². The Morgan fingerprint density at radius 3 is 2.38 bits per heavy atom. The first-order valence-electron chi connectivity index (χ1n) is 4.58. The van der Waals surface area contributed by atoms with Gasteiger partial charge < -0.3 is 16.4 Å². The quantitative estimate of drug-likeness (QED) is 0.587. The van der Waals surface area contributed by atoms with Crippen molar-refractivity contribution in [2.75, 3.05) is 13.1 Å². The average Bonchev–Trinajstić information content (AvgIpc) is 2.12. The second kappa shape index (κ2) is 6.31. The molecule has 1 unspecified atom stereocenters. The fraction of sp³-hybridized carbons (Fsp3) is 0.750. The van der Waals surface area contributed by atoms with Crippen LogP contribution in [-0.2, 0) is 9.59 Å². The van der Waals surface area contributed by atoms with E-state index < -0.39 is 30.6 Å². The molecule has 0 aliphatic heterocycles. The third-order valence-corrected chi connectivity index (χ3v) is 1.68. The highest BCUT2D eigenvalue weighted by Crippen LogP contribution is 2.12. The van der Waals surface area contributed by atoms with Gasteiger partial charge >= 0.3 is 6.18 Å². The standard InChI is InChI=1S/C8H14F3N3O2/c1-5(13-3-2-6(12)15)7(16)14-4-8(9,10)11/h5,13H,2-4H2,1H3,(H2,12,15)(H,14,16). The molecule has 2 amide bonds. The Balaban J connectivity index is 3.78. The number of halogens is 3. The van der Waals surface area contributed by atoms with E-state index in [1.54, 1.807) is 5.32 Å². The highest BCUT2D eigenvalue weighted by molar-refractivity contribution is 5.81. The average molecular weight is 241 g/mol. The summed E-state index contributed by atoms with van der Waals surface area (Å²) in [6.45, 7) is 0.177. The lowest BCUT2D eigenvalue weighted by Gasteiger charge is -2.14. The smallest absolute Gasteiger partial charge is 0.370 e. The molecular weight excluding hydrogens is 227 g/mol. The normalized spacial score (nSPS) is 13.2. The van der Waals surface area contributed by atoms with Gasteiger partial charge in [-0.1, -0.05) is 0 Å². The summed E-state index contributed by atoms with van der Waals surface area (Å²) in [5.41, 5.74) is 4.84. The molecule has 0 heterocycles. The molecule has 94 valence electrons. The van der Waals surface area contributed by atoms with Gasteiger partial charge in [-0.15, -0.1) is 0 Å². The zero-order valence-corrected chi connectivity index (χ0v) is 8.73. The van der Waals surface area contributed by atoms with Gasteiger partial charge in [0.2, 0.25) is 11.8 Å². The summed E-state index contributed by atoms with van der Waals surface area (Å²) < 4.78 is 35.2. The van der Waals surface area contributed by atoms with E-state index in [-0.39, 0.29) is 13.0 Å². The fourth-order valence-corrected chi connectivity index (χ4v) is 0.845. The summed E-state index contributed by atoms with van der Waals surface area (Å²) in [4.78, 5) is 21.4. The lowest BCUT2D eigenvalue weighted by Crippen LogP contribution is -2.45. The zero-order chi connectivity index (χ0) is 12.8. The molecule has 1 atom stereocenters. The SMILES string of the molecule is CC(NCCC(N)=O)C(=O)NCC(F)(F)F. The van der Waals surface area contributed by atoms with E-state index in [2.05, 4.69) is 5.32 Å². The summed E-state index contributed by atoms with van der Waals surface area (Å²) in [5.74, 6) is -1.32. The number of amides is 2. The maximum atomic E-state index is 11.7. The highest BCUT2D eigenvalue weighted by Gasteiger charge is 2.28. The minimum absolute atomic E-state index is 0.0247. The highest BCUT2D eigenvalue weighted by atomic mass is 19.4. The van der Waals surface area contributed by atoms with Crippen LogP contribution in [0.4, 0.5) is 13.2 Å². The summed E-state index contributed by atoms with van der Waals surface area (Å²) in [6, 6.07) is -0.804. The van der Waals surface area contributed by atoms with E-state index in [4.69, 9.17) is 5.73 Å². The number of carbonyl (C=O) groups excluding carboxylic acids is 2. The Labute approximate surface area is 90.6 Å². The largest absolute Gasteiger partial charge is 0.405 e. The Hall–Kier alpha value is -1.31. The van der Waals surface area contributed by atoms with E-state index in [1.165, 1.54) is 6.92 Å². The van der Waals surface area contributed by atoms with Gasteiger partial charge in [0, 0.05) is 13.0 Å². The van der Waals surface area contributed by atoms with Crippen LogP contribution in [0.15, 0.2) is 0 Å². The summed E-state index contributed by atoms with van der Waals surface area (Å²) >= 11 is 0. The summed E-state index contributed by atoms with van der Waals surface area (Å²) in [5, 5.41) is 4.29. The lowest BCUT2D eigenvalue weighted by molar-refractivity contribution is -0.139. The molecule has 0 rings (SSSR count). The number of hydrogen-bond donors (Lipinski definition) is 3. The first kappa shape index (κ1) is 14.7. The number of nitrogens with one attached hydrogen (secondary N) is 2. The molecule has 5 nitrogen and oxygen atoms in total. The van der Waals surface area contributed by atoms with Crippen LogP contribution in [0, 0.1) is 0 Å². The molecule has 4 N–H and O–H groups in total. The van der Waals surface area contributed by atoms with Crippen LogP contribution in [0.2, 0.25) is 0 Å². The summed E-state index contributed by atoms with van der Waals surface area (Å²) in [6.07, 6.45) is -4.40. The number of nitrogens with two attached hydrogens (primary N) is 1. The van der Waals surface area contributed by atoms with Crippen molar-refractivity contribution in [3.63, 3.8) is 0 Å². The molecule has 0 radical (unpaired) electrons. The van der Waals surface area contributed by atoms with Crippen molar-refractivity contribution >= 4 is 11.8 Å². The van der Waals surface area contributed by atoms with Gasteiger partial charge in [-0.3, -0.25) is 9.59 Å². The third kappa shape index (κ3) is 8.04. The first-order chi connectivity index (χ1) is 7.22. The van der Waals surface area contributed by atoms with E-state index in [9.17, 15) is 22.8 Å². The molecular formula is C8H14F3N3O2. The van der Waals surface area contributed by atoms with Crippen molar-refractivity contribution in [2.24, 2.45) is 5.73 Å². The van der Waals surface area contributed by atoms with Gasteiger partial charge in [-0.2, -0.15) is 13.2 Å². The van der Waals surface area contributed by atoms with Crippen LogP contribution >= 0.6 is 0 Å². The molecule has 0 saturated heterocycles. The van der Waals surface area contributed by atoms with Crippen LogP contribution in [0.25, 0.3) is 0 Å². The number of rotatable bonds is 6. The predicted molar refractivity (Wildman–Crippen MR) is 50.3 cm³/mol. The number of primary amides is 1. The molecule has 0 aromatic heterocycles. The van der Waals surface area contributed by atoms with Gasteiger partial charge in [0.25, 0.3) is 0 Å². The topological polar surface area (TPSA) is 84.2 Å². The second-order valence-electron chi connectivity index (χ2n) is 3.23. The maximum absolute atomic E-state index is 11.7. The number of hydrogen-bond acceptors (Lipinski definition) is 3. The Kier molecular flexibility index (Phi) is 5.79. The lowest BCUT2D eigenvalue weighted by atomic mass is 10.3. The van der Waals surface area contributed by atoms with Crippen molar-refractivity contribution in [1.29, 1.82) is 0 Å². The maximum Gasteiger partial charge on any atom is 0.405 e. The van der Waals surface area contributed by atoms with E-state index in [1.807, 2.05) is 0 Å². The molecule has 16 heavy (non-hydrogen) atoms. The van der Waals surface area contributed by atoms with E-state index in [0.717, 1.165) is 0 Å². The monoisotopic (exact) mass is 241 g/mol. The second-order valence-corrected chi connectivity index (χ2v) is 3.23. The van der Waals surface area contributed by atoms with Crippen LogP contribution in [-0.4, -0.2) is 37.1 Å². The summed E-state index contributed by atoms with van der Waals surface area (Å²) in [7, 11) is 0. The molecule has 0 fully saturated rings. The minimum Gasteiger partial charge on any atom is -0.370 e. The Morgan fingerprint density at radius 1 is 1.38 bits per heavy atom. The molecule has 0 aromatic carbocycles. The van der Waals surface area contributed by atoms with Crippen molar-refractivity contribution in [3.05, 3.63) is 0 Å². The van der Waals surface area contributed by atoms with Crippen molar-refractivity contribution in [2.45, 2.75) is 25.6 Å². The van der Waals surface area contributed by atoms with Crippen LogP contribution in [0.5, 0.6) is 0 Å². The van der Waals surface area contributed by atoms with Gasteiger partial charge in [0.1, 0.15) is 6.54 Å². The molecule has 0 spiro atoms. The molecule has 0 aliphatic rings. The predicted octanol–water partition coefficient (Wildman–Crippen LogP) is -0.482. The first-order valence-corrected chi connectivity index (χ1v) is 4.58. The number of carbonyl (C=O) groups is 2. The van der Waals surface area contributed by atoms with E-state index >= 15 is 0 Å². The molecule has 8 heteroatoms. The molecule has 0 bridgehead atoms. The molecule has 0 aliphatic carbocycles. The van der Waals surface area contributed by atoms with Gasteiger partial charge in [0.15, 0.2) is 0 Å². The Bertz CT molecular complexity index is 255. The zero-order valence-electron chi connectivity index (χ0n) is 8.73.